The summed E-state index contributed by atoms with van der Waals surface area (Å²) < 4.78 is 15.9. The first-order valence-electron chi connectivity index (χ1n) is 7.60. The predicted octanol–water partition coefficient (Wildman–Crippen LogP) is 1.82. The molecule has 0 aliphatic carbocycles. The first-order valence-corrected chi connectivity index (χ1v) is 7.60. The Labute approximate surface area is 142 Å². The number of ether oxygens (including phenoxy) is 3. The van der Waals surface area contributed by atoms with Gasteiger partial charge in [0.1, 0.15) is 0 Å². The van der Waals surface area contributed by atoms with E-state index >= 15 is 0 Å². The first kappa shape index (κ1) is 19.6. The maximum Gasteiger partial charge on any atom is 0.308 e. The molecule has 0 heterocycles. The molecule has 0 aliphatic heterocycles. The smallest absolute Gasteiger partial charge is 0.308 e. The third-order valence-electron chi connectivity index (χ3n) is 3.79. The first-order chi connectivity index (χ1) is 11.3. The highest BCUT2D eigenvalue weighted by Gasteiger charge is 2.19. The zero-order chi connectivity index (χ0) is 18.3. The van der Waals surface area contributed by atoms with Crippen LogP contribution in [-0.4, -0.2) is 56.8 Å². The summed E-state index contributed by atoms with van der Waals surface area (Å²) in [5.41, 5.74) is 0.822. The van der Waals surface area contributed by atoms with Crippen molar-refractivity contribution >= 4 is 11.9 Å². The van der Waals surface area contributed by atoms with E-state index in [1.54, 1.807) is 27.1 Å². The molecule has 1 amide bonds. The summed E-state index contributed by atoms with van der Waals surface area (Å²) in [5.74, 6) is -0.0773. The van der Waals surface area contributed by atoms with Gasteiger partial charge in [-0.05, 0) is 18.1 Å². The van der Waals surface area contributed by atoms with E-state index in [1.807, 2.05) is 6.07 Å². The van der Waals surface area contributed by atoms with Gasteiger partial charge in [-0.3, -0.25) is 9.59 Å². The normalized spacial score (nSPS) is 11.5. The van der Waals surface area contributed by atoms with Gasteiger partial charge in [0.25, 0.3) is 0 Å². The van der Waals surface area contributed by atoms with Gasteiger partial charge in [0.05, 0.1) is 27.2 Å². The fourth-order valence-electron chi connectivity index (χ4n) is 2.38. The Kier molecular flexibility index (Phi) is 7.35. The lowest BCUT2D eigenvalue weighted by molar-refractivity contribution is -0.142. The van der Waals surface area contributed by atoms with Crippen molar-refractivity contribution in [1.82, 2.24) is 4.90 Å². The van der Waals surface area contributed by atoms with Gasteiger partial charge in [0, 0.05) is 20.0 Å². The molecule has 0 aliphatic rings. The van der Waals surface area contributed by atoms with Crippen molar-refractivity contribution < 1.29 is 28.9 Å². The summed E-state index contributed by atoms with van der Waals surface area (Å²) in [7, 11) is 6.20. The highest BCUT2D eigenvalue weighted by molar-refractivity contribution is 5.77. The third kappa shape index (κ3) is 4.78. The van der Waals surface area contributed by atoms with E-state index in [4.69, 9.17) is 19.3 Å². The van der Waals surface area contributed by atoms with E-state index in [2.05, 4.69) is 0 Å². The summed E-state index contributed by atoms with van der Waals surface area (Å²) in [5, 5.41) is 8.92. The van der Waals surface area contributed by atoms with Crippen molar-refractivity contribution in [2.45, 2.75) is 19.8 Å². The standard InChI is InChI=1S/C17H25NO6/c1-11(17(20)21)10-18(2)14(19)9-7-12-6-8-13(22-3)16(24-5)15(12)23-4/h6,8,11H,7,9-10H2,1-5H3,(H,20,21). The number of methoxy groups -OCH3 is 3. The molecule has 7 heteroatoms. The van der Waals surface area contributed by atoms with Gasteiger partial charge >= 0.3 is 5.97 Å². The monoisotopic (exact) mass is 339 g/mol. The van der Waals surface area contributed by atoms with E-state index in [1.165, 1.54) is 19.1 Å². The van der Waals surface area contributed by atoms with E-state index in [-0.39, 0.29) is 18.9 Å². The number of aliphatic carboxylic acids is 1. The minimum atomic E-state index is -0.920. The quantitative estimate of drug-likeness (QED) is 0.739. The number of aryl methyl sites for hydroxylation is 1. The molecule has 1 aromatic carbocycles. The summed E-state index contributed by atoms with van der Waals surface area (Å²) in [6.07, 6.45) is 0.697. The van der Waals surface area contributed by atoms with Crippen LogP contribution in [0.2, 0.25) is 0 Å². The van der Waals surface area contributed by atoms with Crippen LogP contribution in [0.4, 0.5) is 0 Å². The molecule has 0 fully saturated rings. The largest absolute Gasteiger partial charge is 0.493 e. The van der Waals surface area contributed by atoms with Gasteiger partial charge in [-0.25, -0.2) is 0 Å². The van der Waals surface area contributed by atoms with Crippen LogP contribution in [0.1, 0.15) is 18.9 Å². The Bertz CT molecular complexity index is 587. The lowest BCUT2D eigenvalue weighted by atomic mass is 10.1. The Balaban J connectivity index is 2.80. The van der Waals surface area contributed by atoms with Crippen molar-refractivity contribution in [3.05, 3.63) is 17.7 Å². The Hall–Kier alpha value is -2.44. The molecule has 1 aromatic rings. The molecule has 0 bridgehead atoms. The van der Waals surface area contributed by atoms with Crippen molar-refractivity contribution in [2.24, 2.45) is 5.92 Å². The van der Waals surface area contributed by atoms with Crippen LogP contribution in [0.15, 0.2) is 12.1 Å². The molecule has 1 atom stereocenters. The molecular weight excluding hydrogens is 314 g/mol. The van der Waals surface area contributed by atoms with Crippen LogP contribution < -0.4 is 14.2 Å². The van der Waals surface area contributed by atoms with E-state index in [0.29, 0.717) is 23.7 Å². The Morgan fingerprint density at radius 3 is 2.25 bits per heavy atom. The van der Waals surface area contributed by atoms with Crippen LogP contribution in [0, 0.1) is 5.92 Å². The average molecular weight is 339 g/mol. The van der Waals surface area contributed by atoms with Gasteiger partial charge < -0.3 is 24.2 Å². The second-order valence-corrected chi connectivity index (χ2v) is 5.51. The second kappa shape index (κ2) is 9.00. The lowest BCUT2D eigenvalue weighted by Gasteiger charge is -2.20. The van der Waals surface area contributed by atoms with Gasteiger partial charge in [-0.1, -0.05) is 13.0 Å². The number of benzene rings is 1. The van der Waals surface area contributed by atoms with Crippen LogP contribution >= 0.6 is 0 Å². The fourth-order valence-corrected chi connectivity index (χ4v) is 2.38. The number of amides is 1. The zero-order valence-corrected chi connectivity index (χ0v) is 14.8. The number of rotatable bonds is 9. The minimum absolute atomic E-state index is 0.125. The zero-order valence-electron chi connectivity index (χ0n) is 14.8. The molecule has 0 saturated heterocycles. The van der Waals surface area contributed by atoms with Gasteiger partial charge in [-0.15, -0.1) is 0 Å². The van der Waals surface area contributed by atoms with Crippen molar-refractivity contribution in [2.75, 3.05) is 34.9 Å². The Morgan fingerprint density at radius 1 is 1.12 bits per heavy atom. The number of carbonyl (C=O) groups excluding carboxylic acids is 1. The number of carboxylic acids is 1. The highest BCUT2D eigenvalue weighted by Crippen LogP contribution is 2.40. The number of hydrogen-bond acceptors (Lipinski definition) is 5. The number of hydrogen-bond donors (Lipinski definition) is 1. The molecule has 7 nitrogen and oxygen atoms in total. The highest BCUT2D eigenvalue weighted by atomic mass is 16.5. The number of carboxylic acid groups (broad SMARTS) is 1. The SMILES string of the molecule is COc1ccc(CCC(=O)N(C)CC(C)C(=O)O)c(OC)c1OC. The molecule has 24 heavy (non-hydrogen) atoms. The number of nitrogens with zero attached hydrogens (tertiary/aromatic N) is 1. The second-order valence-electron chi connectivity index (χ2n) is 5.51. The van der Waals surface area contributed by atoms with Gasteiger partial charge in [-0.2, -0.15) is 0 Å². The van der Waals surface area contributed by atoms with Gasteiger partial charge in [0.2, 0.25) is 11.7 Å². The molecule has 0 spiro atoms. The molecular formula is C17H25NO6. The van der Waals surface area contributed by atoms with Crippen molar-refractivity contribution in [3.63, 3.8) is 0 Å². The summed E-state index contributed by atoms with van der Waals surface area (Å²) in [6.45, 7) is 1.75. The molecule has 134 valence electrons. The van der Waals surface area contributed by atoms with Crippen LogP contribution in [-0.2, 0) is 16.0 Å². The Morgan fingerprint density at radius 2 is 1.75 bits per heavy atom. The minimum Gasteiger partial charge on any atom is -0.493 e. The van der Waals surface area contributed by atoms with Crippen LogP contribution in [0.3, 0.4) is 0 Å². The van der Waals surface area contributed by atoms with E-state index in [0.717, 1.165) is 5.56 Å². The average Bonchev–Trinajstić information content (AvgIpc) is 2.57. The molecule has 0 radical (unpaired) electrons. The van der Waals surface area contributed by atoms with E-state index < -0.39 is 11.9 Å². The van der Waals surface area contributed by atoms with Crippen LogP contribution in [0.25, 0.3) is 0 Å². The lowest BCUT2D eigenvalue weighted by Crippen LogP contribution is -2.33. The molecule has 1 rings (SSSR count). The van der Waals surface area contributed by atoms with Crippen molar-refractivity contribution in [3.8, 4) is 17.2 Å². The summed E-state index contributed by atoms with van der Waals surface area (Å²) in [4.78, 5) is 24.5. The van der Waals surface area contributed by atoms with Crippen LogP contribution in [0.5, 0.6) is 17.2 Å². The third-order valence-corrected chi connectivity index (χ3v) is 3.79. The maximum atomic E-state index is 12.2. The predicted molar refractivity (Wildman–Crippen MR) is 88.9 cm³/mol. The topological polar surface area (TPSA) is 85.3 Å². The van der Waals surface area contributed by atoms with Gasteiger partial charge in [0.15, 0.2) is 11.5 Å². The van der Waals surface area contributed by atoms with E-state index in [9.17, 15) is 9.59 Å². The summed E-state index contributed by atoms with van der Waals surface area (Å²) in [6, 6.07) is 3.59. The molecule has 0 saturated carbocycles. The van der Waals surface area contributed by atoms with Crippen molar-refractivity contribution in [1.29, 1.82) is 0 Å². The molecule has 0 aromatic heterocycles. The molecule has 1 N–H and O–H groups in total. The maximum absolute atomic E-state index is 12.2. The number of carbonyl (C=O) groups is 2. The fraction of sp³-hybridized carbons (Fsp3) is 0.529. The summed E-state index contributed by atoms with van der Waals surface area (Å²) >= 11 is 0. The molecule has 1 unspecified atom stereocenters.